The number of pyridine rings is 2. The second kappa shape index (κ2) is 16.9. The summed E-state index contributed by atoms with van der Waals surface area (Å²) in [5.41, 5.74) is 7.84. The number of aromatic nitrogens is 2. The van der Waals surface area contributed by atoms with Crippen molar-refractivity contribution >= 4 is 58.3 Å². The number of hydrogen-bond acceptors (Lipinski definition) is 5. The molecule has 4 heterocycles. The van der Waals surface area contributed by atoms with Crippen molar-refractivity contribution < 1.29 is 14.7 Å². The smallest absolute Gasteiger partial charge is 0.236 e. The molecule has 10 heteroatoms. The van der Waals surface area contributed by atoms with Crippen molar-refractivity contribution in [2.45, 2.75) is 104 Å². The molecule has 2 amide bonds. The predicted octanol–water partition coefficient (Wildman–Crippen LogP) is 9.38. The van der Waals surface area contributed by atoms with Gasteiger partial charge in [0.15, 0.2) is 0 Å². The van der Waals surface area contributed by atoms with Gasteiger partial charge >= 0.3 is 0 Å². The molecule has 0 spiro atoms. The highest BCUT2D eigenvalue weighted by molar-refractivity contribution is 6.40. The number of nitrogens with zero attached hydrogens (tertiary/aromatic N) is 4. The molecule has 1 N–H and O–H groups in total. The molecule has 2 aromatic carbocycles. The number of benzene rings is 2. The zero-order chi connectivity index (χ0) is 37.7. The molecule has 51 heavy (non-hydrogen) atoms. The molecule has 2 atom stereocenters. The van der Waals surface area contributed by atoms with Gasteiger partial charge in [-0.05, 0) is 103 Å². The fraction of sp³-hybridized carbons (Fsp3) is 0.415. The number of aliphatic hydroxyl groups is 1. The van der Waals surface area contributed by atoms with E-state index in [1.807, 2.05) is 89.8 Å². The van der Waals surface area contributed by atoms with Crippen molar-refractivity contribution in [3.8, 4) is 0 Å². The van der Waals surface area contributed by atoms with Crippen molar-refractivity contribution in [1.29, 1.82) is 0 Å². The summed E-state index contributed by atoms with van der Waals surface area (Å²) in [5, 5.41) is 9.81. The monoisotopic (exact) mass is 750 g/mol. The average molecular weight is 752 g/mol. The molecule has 2 aliphatic rings. The van der Waals surface area contributed by atoms with Gasteiger partial charge in [0.1, 0.15) is 11.6 Å². The largest absolute Gasteiger partial charge is 0.392 e. The van der Waals surface area contributed by atoms with Gasteiger partial charge in [-0.25, -0.2) is 9.97 Å². The van der Waals surface area contributed by atoms with E-state index in [2.05, 4.69) is 41.2 Å². The molecular weight excluding hydrogens is 703 g/mol. The number of carbonyl (C=O) groups excluding carboxylic acids is 2. The van der Waals surface area contributed by atoms with Gasteiger partial charge in [0.05, 0.1) is 23.8 Å². The van der Waals surface area contributed by atoms with Gasteiger partial charge in [0.25, 0.3) is 0 Å². The fourth-order valence-electron chi connectivity index (χ4n) is 6.83. The van der Waals surface area contributed by atoms with Crippen molar-refractivity contribution in [3.05, 3.63) is 118 Å². The third kappa shape index (κ3) is 9.12. The Morgan fingerprint density at radius 1 is 0.647 bits per heavy atom. The van der Waals surface area contributed by atoms with E-state index < -0.39 is 0 Å². The van der Waals surface area contributed by atoms with Crippen molar-refractivity contribution in [2.75, 3.05) is 15.1 Å². The lowest BCUT2D eigenvalue weighted by atomic mass is 9.91. The van der Waals surface area contributed by atoms with Crippen LogP contribution in [0.2, 0.25) is 0 Å². The zero-order valence-corrected chi connectivity index (χ0v) is 33.1. The Labute approximate surface area is 318 Å². The van der Waals surface area contributed by atoms with Crippen LogP contribution in [0.25, 0.3) is 0 Å². The second-order valence-electron chi connectivity index (χ2n) is 15.0. The van der Waals surface area contributed by atoms with E-state index in [0.29, 0.717) is 18.7 Å². The molecule has 272 valence electrons. The maximum atomic E-state index is 13.2. The summed E-state index contributed by atoms with van der Waals surface area (Å²) in [6.45, 7) is 16.3. The molecule has 0 aliphatic carbocycles. The van der Waals surface area contributed by atoms with E-state index in [1.54, 1.807) is 17.3 Å². The summed E-state index contributed by atoms with van der Waals surface area (Å²) in [7, 11) is 0. The number of carbonyl (C=O) groups is 2. The Bertz CT molecular complexity index is 1720. The minimum atomic E-state index is -0.318. The standard InChI is InChI=1S/C20H23ClN2O.C20H24N2O2.CH2Cl2/c1-13-7-8-14(12-21)15(10-13)11-17-16-6-5-9-22-18(16)23(19(17)24)20(2,3)4;1-13-7-8-14(12-23)15(10-13)11-17-16-6-5-9-21-18(16)22(19(17)24)20(2,3)4;2-1-3/h5-10,17H,11-12H2,1-4H3;5-10,17,23H,11-12H2,1-4H3;1H2. The minimum Gasteiger partial charge on any atom is -0.392 e. The van der Waals surface area contributed by atoms with Crippen LogP contribution in [0.4, 0.5) is 11.6 Å². The van der Waals surface area contributed by atoms with Crippen molar-refractivity contribution in [2.24, 2.45) is 0 Å². The minimum absolute atomic E-state index is 0.0145. The summed E-state index contributed by atoms with van der Waals surface area (Å²) in [4.78, 5) is 38.9. The highest BCUT2D eigenvalue weighted by Crippen LogP contribution is 2.43. The fourth-order valence-corrected chi connectivity index (χ4v) is 7.09. The molecule has 2 unspecified atom stereocenters. The van der Waals surface area contributed by atoms with Crippen LogP contribution >= 0.6 is 34.8 Å². The van der Waals surface area contributed by atoms with Gasteiger partial charge in [0, 0.05) is 40.5 Å². The molecule has 0 radical (unpaired) electrons. The molecule has 4 aromatic rings. The molecule has 0 saturated carbocycles. The van der Waals surface area contributed by atoms with E-state index in [9.17, 15) is 14.7 Å². The van der Waals surface area contributed by atoms with Crippen LogP contribution < -0.4 is 9.80 Å². The number of amides is 2. The Morgan fingerprint density at radius 3 is 1.41 bits per heavy atom. The second-order valence-corrected chi connectivity index (χ2v) is 16.0. The van der Waals surface area contributed by atoms with Crippen LogP contribution in [0.5, 0.6) is 0 Å². The number of aryl methyl sites for hydroxylation is 2. The third-order valence-corrected chi connectivity index (χ3v) is 9.36. The SMILES string of the molecule is Cc1ccc(CCl)c(CC2C(=O)N(C(C)(C)C)c3ncccc32)c1.Cc1ccc(CO)c(CC2C(=O)N(C(C)(C)C)c3ncccc32)c1.ClCCl. The van der Waals surface area contributed by atoms with Crippen LogP contribution in [-0.4, -0.2) is 43.3 Å². The average Bonchev–Trinajstić information content (AvgIpc) is 3.51. The number of halogens is 3. The summed E-state index contributed by atoms with van der Waals surface area (Å²) < 4.78 is 0. The molecule has 2 aromatic heterocycles. The van der Waals surface area contributed by atoms with Gasteiger partial charge in [-0.3, -0.25) is 19.4 Å². The van der Waals surface area contributed by atoms with Gasteiger partial charge in [0.2, 0.25) is 11.8 Å². The number of aliphatic hydroxyl groups excluding tert-OH is 1. The van der Waals surface area contributed by atoms with Gasteiger partial charge in [-0.15, -0.1) is 34.8 Å². The number of hydrogen-bond donors (Lipinski definition) is 1. The van der Waals surface area contributed by atoms with Crippen LogP contribution in [0.3, 0.4) is 0 Å². The Morgan fingerprint density at radius 2 is 1.04 bits per heavy atom. The maximum Gasteiger partial charge on any atom is 0.236 e. The molecule has 7 nitrogen and oxygen atoms in total. The summed E-state index contributed by atoms with van der Waals surface area (Å²) >= 11 is 15.6. The highest BCUT2D eigenvalue weighted by Gasteiger charge is 2.44. The summed E-state index contributed by atoms with van der Waals surface area (Å²) in [6, 6.07) is 20.1. The van der Waals surface area contributed by atoms with E-state index in [0.717, 1.165) is 50.6 Å². The van der Waals surface area contributed by atoms with Crippen molar-refractivity contribution in [3.63, 3.8) is 0 Å². The number of fused-ring (bicyclic) bond motifs is 2. The van der Waals surface area contributed by atoms with Gasteiger partial charge in [-0.2, -0.15) is 0 Å². The Hall–Kier alpha value is -3.49. The van der Waals surface area contributed by atoms with Gasteiger partial charge < -0.3 is 5.11 Å². The lowest BCUT2D eigenvalue weighted by molar-refractivity contribution is -0.121. The molecule has 2 aliphatic heterocycles. The zero-order valence-electron chi connectivity index (χ0n) is 30.8. The summed E-state index contributed by atoms with van der Waals surface area (Å²) in [6.07, 6.45) is 4.73. The van der Waals surface area contributed by atoms with E-state index in [1.165, 1.54) is 5.56 Å². The van der Waals surface area contributed by atoms with Crippen LogP contribution in [0.15, 0.2) is 73.1 Å². The molecule has 0 fully saturated rings. The summed E-state index contributed by atoms with van der Waals surface area (Å²) in [5.74, 6) is 1.77. The number of alkyl halides is 3. The Balaban J connectivity index is 0.000000212. The molecule has 0 saturated heterocycles. The topological polar surface area (TPSA) is 86.6 Å². The van der Waals surface area contributed by atoms with Crippen LogP contribution in [0, 0.1) is 13.8 Å². The van der Waals surface area contributed by atoms with Crippen LogP contribution in [-0.2, 0) is 34.9 Å². The molecule has 0 bridgehead atoms. The maximum absolute atomic E-state index is 13.2. The first kappa shape index (κ1) is 40.3. The first-order chi connectivity index (χ1) is 24.1. The first-order valence-electron chi connectivity index (χ1n) is 17.1. The predicted molar refractivity (Wildman–Crippen MR) is 210 cm³/mol. The first-order valence-corrected chi connectivity index (χ1v) is 18.7. The number of rotatable bonds is 6. The number of anilines is 2. The van der Waals surface area contributed by atoms with E-state index >= 15 is 0 Å². The molecule has 6 rings (SSSR count). The lowest BCUT2D eigenvalue weighted by Gasteiger charge is -2.32. The third-order valence-electron chi connectivity index (χ3n) is 9.07. The normalized spacial score (nSPS) is 16.6. The lowest BCUT2D eigenvalue weighted by Crippen LogP contribution is -2.45. The van der Waals surface area contributed by atoms with Crippen LogP contribution in [0.1, 0.15) is 97.9 Å². The quantitative estimate of drug-likeness (QED) is 0.199. The Kier molecular flexibility index (Phi) is 13.3. The van der Waals surface area contributed by atoms with E-state index in [-0.39, 0.29) is 46.7 Å². The highest BCUT2D eigenvalue weighted by atomic mass is 35.5. The van der Waals surface area contributed by atoms with Crippen molar-refractivity contribution in [1.82, 2.24) is 9.97 Å². The van der Waals surface area contributed by atoms with E-state index in [4.69, 9.17) is 34.8 Å². The molecular formula is C41H49Cl3N4O3. The van der Waals surface area contributed by atoms with Gasteiger partial charge in [-0.1, -0.05) is 59.7 Å².